The number of nitrogens with one attached hydrogen (secondary N) is 1. The molecule has 0 unspecified atom stereocenters. The predicted molar refractivity (Wildman–Crippen MR) is 50.7 cm³/mol. The Morgan fingerprint density at radius 2 is 2.46 bits per heavy atom. The lowest BCUT2D eigenvalue weighted by molar-refractivity contribution is 0.411. The first kappa shape index (κ1) is 8.50. The second-order valence-corrected chi connectivity index (χ2v) is 3.31. The van der Waals surface area contributed by atoms with Crippen LogP contribution in [0.2, 0.25) is 0 Å². The summed E-state index contributed by atoms with van der Waals surface area (Å²) in [5.41, 5.74) is 0. The van der Waals surface area contributed by atoms with Gasteiger partial charge in [0.05, 0.1) is 12.2 Å². The molecule has 1 aromatic heterocycles. The average molecular weight is 181 g/mol. The van der Waals surface area contributed by atoms with E-state index in [-0.39, 0.29) is 0 Å². The molecule has 72 valence electrons. The standard InChI is InChI=1S/C8H15N5/c1-3-13(7-4-9-5-7)8-6-10-11-12(8)2/h6-7,9H,3-5H2,1-2H3. The minimum Gasteiger partial charge on any atom is -0.350 e. The lowest BCUT2D eigenvalue weighted by Crippen LogP contribution is -2.57. The molecule has 0 amide bonds. The molecule has 5 nitrogen and oxygen atoms in total. The topological polar surface area (TPSA) is 46.0 Å². The maximum atomic E-state index is 3.93. The smallest absolute Gasteiger partial charge is 0.147 e. The quantitative estimate of drug-likeness (QED) is 0.690. The minimum absolute atomic E-state index is 0.613. The molecule has 5 heteroatoms. The highest BCUT2D eigenvalue weighted by molar-refractivity contribution is 5.38. The third kappa shape index (κ3) is 1.39. The van der Waals surface area contributed by atoms with E-state index in [1.54, 1.807) is 0 Å². The summed E-state index contributed by atoms with van der Waals surface area (Å²) in [5, 5.41) is 11.1. The monoisotopic (exact) mass is 181 g/mol. The molecule has 13 heavy (non-hydrogen) atoms. The normalized spacial score (nSPS) is 17.1. The number of anilines is 1. The Hall–Kier alpha value is -1.10. The molecule has 0 aliphatic carbocycles. The SMILES string of the molecule is CCN(c1cnnn1C)C1CNC1. The molecular formula is C8H15N5. The molecular weight excluding hydrogens is 166 g/mol. The molecule has 0 saturated carbocycles. The van der Waals surface area contributed by atoms with Crippen molar-refractivity contribution in [3.05, 3.63) is 6.20 Å². The summed E-state index contributed by atoms with van der Waals surface area (Å²) in [6.45, 7) is 5.30. The van der Waals surface area contributed by atoms with Crippen molar-refractivity contribution in [2.45, 2.75) is 13.0 Å². The van der Waals surface area contributed by atoms with Crippen molar-refractivity contribution in [2.75, 3.05) is 24.5 Å². The van der Waals surface area contributed by atoms with Crippen LogP contribution in [0.15, 0.2) is 6.20 Å². The average Bonchev–Trinajstić information content (AvgIpc) is 2.43. The highest BCUT2D eigenvalue weighted by Crippen LogP contribution is 2.15. The van der Waals surface area contributed by atoms with E-state index in [9.17, 15) is 0 Å². The summed E-state index contributed by atoms with van der Waals surface area (Å²) in [5.74, 6) is 1.11. The fourth-order valence-electron chi connectivity index (χ4n) is 1.65. The van der Waals surface area contributed by atoms with Crippen LogP contribution in [0.3, 0.4) is 0 Å². The maximum Gasteiger partial charge on any atom is 0.147 e. The molecule has 0 aromatic carbocycles. The zero-order valence-corrected chi connectivity index (χ0v) is 8.06. The van der Waals surface area contributed by atoms with E-state index < -0.39 is 0 Å². The fraction of sp³-hybridized carbons (Fsp3) is 0.750. The van der Waals surface area contributed by atoms with Crippen LogP contribution in [0.1, 0.15) is 6.92 Å². The van der Waals surface area contributed by atoms with Crippen LogP contribution in [-0.4, -0.2) is 40.7 Å². The van der Waals surface area contributed by atoms with Crippen LogP contribution in [0, 0.1) is 0 Å². The van der Waals surface area contributed by atoms with E-state index in [0.29, 0.717) is 6.04 Å². The van der Waals surface area contributed by atoms with Crippen LogP contribution >= 0.6 is 0 Å². The largest absolute Gasteiger partial charge is 0.350 e. The molecule has 0 atom stereocenters. The number of likely N-dealkylation sites (N-methyl/N-ethyl adjacent to an activating group) is 1. The van der Waals surface area contributed by atoms with Gasteiger partial charge in [-0.2, -0.15) is 0 Å². The molecule has 0 bridgehead atoms. The Morgan fingerprint density at radius 1 is 1.69 bits per heavy atom. The second kappa shape index (κ2) is 3.33. The zero-order valence-electron chi connectivity index (χ0n) is 8.06. The number of hydrogen-bond acceptors (Lipinski definition) is 4. The predicted octanol–water partition coefficient (Wildman–Crippen LogP) is -0.387. The van der Waals surface area contributed by atoms with E-state index in [4.69, 9.17) is 0 Å². The summed E-state index contributed by atoms with van der Waals surface area (Å²) in [7, 11) is 1.93. The molecule has 0 radical (unpaired) electrons. The molecule has 2 rings (SSSR count). The summed E-state index contributed by atoms with van der Waals surface area (Å²) < 4.78 is 1.82. The van der Waals surface area contributed by atoms with Gasteiger partial charge in [0.25, 0.3) is 0 Å². The van der Waals surface area contributed by atoms with Crippen molar-refractivity contribution in [3.8, 4) is 0 Å². The van der Waals surface area contributed by atoms with E-state index >= 15 is 0 Å². The van der Waals surface area contributed by atoms with Gasteiger partial charge in [0.15, 0.2) is 0 Å². The van der Waals surface area contributed by atoms with Crippen LogP contribution in [0.4, 0.5) is 5.82 Å². The van der Waals surface area contributed by atoms with Crippen LogP contribution in [-0.2, 0) is 7.05 Å². The third-order valence-electron chi connectivity index (χ3n) is 2.53. The molecule has 1 fully saturated rings. The van der Waals surface area contributed by atoms with E-state index in [1.807, 2.05) is 17.9 Å². The van der Waals surface area contributed by atoms with Gasteiger partial charge in [0, 0.05) is 26.7 Å². The van der Waals surface area contributed by atoms with Crippen LogP contribution in [0.5, 0.6) is 0 Å². The van der Waals surface area contributed by atoms with Crippen molar-refractivity contribution in [1.29, 1.82) is 0 Å². The number of aromatic nitrogens is 3. The number of rotatable bonds is 3. The molecule has 2 heterocycles. The Labute approximate surface area is 77.7 Å². The van der Waals surface area contributed by atoms with Crippen LogP contribution < -0.4 is 10.2 Å². The van der Waals surface area contributed by atoms with Gasteiger partial charge in [-0.1, -0.05) is 5.21 Å². The highest BCUT2D eigenvalue weighted by Gasteiger charge is 2.25. The van der Waals surface area contributed by atoms with Crippen molar-refractivity contribution < 1.29 is 0 Å². The molecule has 1 N–H and O–H groups in total. The van der Waals surface area contributed by atoms with Gasteiger partial charge < -0.3 is 10.2 Å². The van der Waals surface area contributed by atoms with E-state index in [2.05, 4.69) is 27.5 Å². The molecule has 1 aromatic rings. The minimum atomic E-state index is 0.613. The van der Waals surface area contributed by atoms with Crippen molar-refractivity contribution in [3.63, 3.8) is 0 Å². The lowest BCUT2D eigenvalue weighted by atomic mass is 10.1. The molecule has 1 aliphatic heterocycles. The Balaban J connectivity index is 2.16. The Morgan fingerprint density at radius 3 is 2.85 bits per heavy atom. The van der Waals surface area contributed by atoms with Gasteiger partial charge in [-0.3, -0.25) is 0 Å². The van der Waals surface area contributed by atoms with Gasteiger partial charge in [-0.15, -0.1) is 5.10 Å². The van der Waals surface area contributed by atoms with Crippen molar-refractivity contribution in [2.24, 2.45) is 7.05 Å². The first-order valence-electron chi connectivity index (χ1n) is 4.65. The van der Waals surface area contributed by atoms with Gasteiger partial charge in [-0.05, 0) is 6.92 Å². The van der Waals surface area contributed by atoms with Gasteiger partial charge >= 0.3 is 0 Å². The van der Waals surface area contributed by atoms with Crippen molar-refractivity contribution in [1.82, 2.24) is 20.3 Å². The van der Waals surface area contributed by atoms with Gasteiger partial charge in [0.1, 0.15) is 5.82 Å². The lowest BCUT2D eigenvalue weighted by Gasteiger charge is -2.38. The molecule has 1 saturated heterocycles. The third-order valence-corrected chi connectivity index (χ3v) is 2.53. The zero-order chi connectivity index (χ0) is 9.26. The number of aryl methyl sites for hydroxylation is 1. The summed E-state index contributed by atoms with van der Waals surface area (Å²) >= 11 is 0. The van der Waals surface area contributed by atoms with Gasteiger partial charge in [0.2, 0.25) is 0 Å². The molecule has 1 aliphatic rings. The highest BCUT2D eigenvalue weighted by atomic mass is 15.5. The fourth-order valence-corrected chi connectivity index (χ4v) is 1.65. The van der Waals surface area contributed by atoms with E-state index in [0.717, 1.165) is 25.5 Å². The Kier molecular flexibility index (Phi) is 2.18. The summed E-state index contributed by atoms with van der Waals surface area (Å²) in [6, 6.07) is 0.613. The van der Waals surface area contributed by atoms with E-state index in [1.165, 1.54) is 0 Å². The first-order chi connectivity index (χ1) is 6.33. The maximum absolute atomic E-state index is 3.93. The van der Waals surface area contributed by atoms with Crippen LogP contribution in [0.25, 0.3) is 0 Å². The van der Waals surface area contributed by atoms with Gasteiger partial charge in [-0.25, -0.2) is 4.68 Å². The summed E-state index contributed by atoms with van der Waals surface area (Å²) in [4.78, 5) is 2.33. The number of hydrogen-bond donors (Lipinski definition) is 1. The van der Waals surface area contributed by atoms with Crippen molar-refractivity contribution >= 4 is 5.82 Å². The number of nitrogens with zero attached hydrogens (tertiary/aromatic N) is 4. The second-order valence-electron chi connectivity index (χ2n) is 3.31. The first-order valence-corrected chi connectivity index (χ1v) is 4.65. The summed E-state index contributed by atoms with van der Waals surface area (Å²) in [6.07, 6.45) is 1.82. The Bertz CT molecular complexity index is 278. The molecule has 0 spiro atoms.